The van der Waals surface area contributed by atoms with Gasteiger partial charge >= 0.3 is 0 Å². The molecule has 5 aromatic rings. The SMILES string of the molecule is CNCC(=O)N1CCC(c2cc(-c3ccc4cn(-c5ccccc5)nc4c3)c3c(N)ncnn23)CC1. The summed E-state index contributed by atoms with van der Waals surface area (Å²) in [5.41, 5.74) is 12.2. The van der Waals surface area contributed by atoms with Crippen molar-refractivity contribution in [2.24, 2.45) is 0 Å². The van der Waals surface area contributed by atoms with Gasteiger partial charge in [-0.1, -0.05) is 30.3 Å². The number of carbonyl (C=O) groups is 1. The Hall–Kier alpha value is -4.24. The number of anilines is 1. The predicted molar refractivity (Wildman–Crippen MR) is 140 cm³/mol. The van der Waals surface area contributed by atoms with E-state index in [1.165, 1.54) is 6.33 Å². The maximum atomic E-state index is 12.3. The van der Waals surface area contributed by atoms with Crippen molar-refractivity contribution < 1.29 is 4.79 Å². The van der Waals surface area contributed by atoms with E-state index in [1.54, 1.807) is 7.05 Å². The van der Waals surface area contributed by atoms with Crippen LogP contribution in [0.25, 0.3) is 33.2 Å². The highest BCUT2D eigenvalue weighted by Gasteiger charge is 2.27. The van der Waals surface area contributed by atoms with Gasteiger partial charge in [0.2, 0.25) is 5.91 Å². The second-order valence-electron chi connectivity index (χ2n) is 9.26. The van der Waals surface area contributed by atoms with Crippen molar-refractivity contribution in [2.45, 2.75) is 18.8 Å². The number of nitrogen functional groups attached to an aromatic ring is 1. The lowest BCUT2D eigenvalue weighted by Crippen LogP contribution is -2.42. The molecule has 1 saturated heterocycles. The second-order valence-corrected chi connectivity index (χ2v) is 9.26. The monoisotopic (exact) mass is 480 g/mol. The van der Waals surface area contributed by atoms with Crippen molar-refractivity contribution >= 4 is 28.1 Å². The van der Waals surface area contributed by atoms with Gasteiger partial charge in [-0.3, -0.25) is 4.79 Å². The molecule has 0 spiro atoms. The summed E-state index contributed by atoms with van der Waals surface area (Å²) >= 11 is 0. The van der Waals surface area contributed by atoms with Crippen LogP contribution in [0.1, 0.15) is 24.5 Å². The first-order chi connectivity index (χ1) is 17.6. The van der Waals surface area contributed by atoms with Crippen LogP contribution in [0.15, 0.2) is 67.1 Å². The smallest absolute Gasteiger partial charge is 0.236 e. The number of amides is 1. The summed E-state index contributed by atoms with van der Waals surface area (Å²) in [7, 11) is 1.80. The highest BCUT2D eigenvalue weighted by Crippen LogP contribution is 2.37. The summed E-state index contributed by atoms with van der Waals surface area (Å²) in [6.45, 7) is 1.84. The number of nitrogens with two attached hydrogens (primary N) is 1. The molecule has 1 aliphatic heterocycles. The third kappa shape index (κ3) is 3.87. The molecule has 9 heteroatoms. The molecule has 6 rings (SSSR count). The lowest BCUT2D eigenvalue weighted by atomic mass is 9.93. The van der Waals surface area contributed by atoms with E-state index in [1.807, 2.05) is 50.6 Å². The number of para-hydroxylation sites is 1. The number of benzene rings is 2. The number of likely N-dealkylation sites (tertiary alicyclic amines) is 1. The Bertz CT molecular complexity index is 1550. The zero-order valence-corrected chi connectivity index (χ0v) is 20.1. The van der Waals surface area contributed by atoms with Gasteiger partial charge in [-0.25, -0.2) is 14.2 Å². The van der Waals surface area contributed by atoms with Crippen LogP contribution >= 0.6 is 0 Å². The first kappa shape index (κ1) is 22.2. The average molecular weight is 481 g/mol. The van der Waals surface area contributed by atoms with Gasteiger partial charge in [-0.15, -0.1) is 0 Å². The predicted octanol–water partition coefficient (Wildman–Crippen LogP) is 3.24. The first-order valence-corrected chi connectivity index (χ1v) is 12.2. The number of rotatable bonds is 5. The molecule has 9 nitrogen and oxygen atoms in total. The van der Waals surface area contributed by atoms with Crippen molar-refractivity contribution in [2.75, 3.05) is 32.4 Å². The molecule has 1 fully saturated rings. The van der Waals surface area contributed by atoms with Crippen LogP contribution < -0.4 is 11.1 Å². The number of aromatic nitrogens is 5. The Morgan fingerprint density at radius 3 is 2.69 bits per heavy atom. The maximum absolute atomic E-state index is 12.3. The fourth-order valence-corrected chi connectivity index (χ4v) is 5.19. The summed E-state index contributed by atoms with van der Waals surface area (Å²) in [4.78, 5) is 18.5. The number of likely N-dealkylation sites (N-methyl/N-ethyl adjacent to an activating group) is 1. The Morgan fingerprint density at radius 2 is 1.92 bits per heavy atom. The van der Waals surface area contributed by atoms with Crippen molar-refractivity contribution in [1.29, 1.82) is 0 Å². The molecule has 3 N–H and O–H groups in total. The molecule has 1 amide bonds. The molecule has 0 unspecified atom stereocenters. The fraction of sp³-hybridized carbons (Fsp3) is 0.259. The lowest BCUT2D eigenvalue weighted by Gasteiger charge is -2.31. The maximum Gasteiger partial charge on any atom is 0.236 e. The number of fused-ring (bicyclic) bond motifs is 2. The molecular formula is C27H28N8O. The van der Waals surface area contributed by atoms with Crippen LogP contribution in [0, 0.1) is 0 Å². The molecule has 0 aliphatic carbocycles. The van der Waals surface area contributed by atoms with E-state index in [4.69, 9.17) is 10.8 Å². The van der Waals surface area contributed by atoms with Crippen molar-refractivity contribution in [3.05, 3.63) is 72.8 Å². The summed E-state index contributed by atoms with van der Waals surface area (Å²) in [5.74, 6) is 0.870. The van der Waals surface area contributed by atoms with Gasteiger partial charge in [0.1, 0.15) is 11.8 Å². The molecule has 36 heavy (non-hydrogen) atoms. The van der Waals surface area contributed by atoms with Crippen LogP contribution in [-0.4, -0.2) is 61.9 Å². The average Bonchev–Trinajstić information content (AvgIpc) is 3.52. The highest BCUT2D eigenvalue weighted by atomic mass is 16.2. The van der Waals surface area contributed by atoms with Crippen LogP contribution in [0.5, 0.6) is 0 Å². The van der Waals surface area contributed by atoms with Crippen molar-refractivity contribution in [3.63, 3.8) is 0 Å². The van der Waals surface area contributed by atoms with E-state index < -0.39 is 0 Å². The largest absolute Gasteiger partial charge is 0.382 e. The zero-order valence-electron chi connectivity index (χ0n) is 20.1. The number of hydrogen-bond donors (Lipinski definition) is 2. The molecule has 0 saturated carbocycles. The quantitative estimate of drug-likeness (QED) is 0.400. The minimum atomic E-state index is 0.145. The second kappa shape index (κ2) is 9.09. The normalized spacial score (nSPS) is 14.6. The van der Waals surface area contributed by atoms with E-state index in [-0.39, 0.29) is 11.8 Å². The molecule has 0 bridgehead atoms. The van der Waals surface area contributed by atoms with Gasteiger partial charge in [0, 0.05) is 41.8 Å². The summed E-state index contributed by atoms with van der Waals surface area (Å²) in [5, 5.41) is 13.4. The van der Waals surface area contributed by atoms with Crippen LogP contribution in [0.4, 0.5) is 5.82 Å². The Balaban J connectivity index is 1.37. The van der Waals surface area contributed by atoms with Crippen LogP contribution in [0.2, 0.25) is 0 Å². The Kier molecular flexibility index (Phi) is 5.61. The van der Waals surface area contributed by atoms with E-state index in [2.05, 4.69) is 39.7 Å². The molecule has 182 valence electrons. The Morgan fingerprint density at radius 1 is 1.11 bits per heavy atom. The molecular weight excluding hydrogens is 452 g/mol. The summed E-state index contributed by atoms with van der Waals surface area (Å²) in [6, 6.07) is 18.6. The molecule has 2 aromatic carbocycles. The third-order valence-electron chi connectivity index (χ3n) is 7.04. The topological polar surface area (TPSA) is 106 Å². The standard InChI is InChI=1S/C27H28N8O/c1-29-15-25(36)33-11-9-18(10-12-33)24-14-22(26-27(28)30-17-31-35(24)26)19-7-8-20-16-34(32-23(20)13-19)21-5-3-2-4-6-21/h2-8,13-14,16-18,29H,9-12,15H2,1H3,(H2,28,30,31). The summed E-state index contributed by atoms with van der Waals surface area (Å²) in [6.07, 6.45) is 5.31. The number of hydrogen-bond acceptors (Lipinski definition) is 6. The minimum absolute atomic E-state index is 0.145. The zero-order chi connectivity index (χ0) is 24.6. The van der Waals surface area contributed by atoms with Gasteiger partial charge in [-0.05, 0) is 49.7 Å². The molecule has 0 atom stereocenters. The Labute approximate surface area is 208 Å². The fourth-order valence-electron chi connectivity index (χ4n) is 5.19. The lowest BCUT2D eigenvalue weighted by molar-refractivity contribution is -0.131. The van der Waals surface area contributed by atoms with Gasteiger partial charge in [-0.2, -0.15) is 10.2 Å². The van der Waals surface area contributed by atoms with Gasteiger partial charge in [0.25, 0.3) is 0 Å². The number of nitrogens with zero attached hydrogens (tertiary/aromatic N) is 6. The van der Waals surface area contributed by atoms with E-state index >= 15 is 0 Å². The van der Waals surface area contributed by atoms with E-state index in [0.29, 0.717) is 12.4 Å². The van der Waals surface area contributed by atoms with E-state index in [0.717, 1.165) is 64.9 Å². The van der Waals surface area contributed by atoms with Crippen molar-refractivity contribution in [3.8, 4) is 16.8 Å². The van der Waals surface area contributed by atoms with Crippen LogP contribution in [-0.2, 0) is 4.79 Å². The van der Waals surface area contributed by atoms with Gasteiger partial charge < -0.3 is 16.0 Å². The number of nitrogens with one attached hydrogen (secondary N) is 1. The van der Waals surface area contributed by atoms with Crippen molar-refractivity contribution in [1.82, 2.24) is 34.6 Å². The molecule has 0 radical (unpaired) electrons. The molecule has 3 aromatic heterocycles. The highest BCUT2D eigenvalue weighted by molar-refractivity contribution is 5.92. The third-order valence-corrected chi connectivity index (χ3v) is 7.04. The first-order valence-electron chi connectivity index (χ1n) is 12.2. The summed E-state index contributed by atoms with van der Waals surface area (Å²) < 4.78 is 3.83. The number of carbonyl (C=O) groups excluding carboxylic acids is 1. The van der Waals surface area contributed by atoms with Gasteiger partial charge in [0.15, 0.2) is 5.82 Å². The van der Waals surface area contributed by atoms with Gasteiger partial charge in [0.05, 0.1) is 17.7 Å². The number of piperidine rings is 1. The molecule has 1 aliphatic rings. The van der Waals surface area contributed by atoms with E-state index in [9.17, 15) is 4.79 Å². The molecule has 4 heterocycles. The van der Waals surface area contributed by atoms with Crippen LogP contribution in [0.3, 0.4) is 0 Å². The minimum Gasteiger partial charge on any atom is -0.382 e.